The van der Waals surface area contributed by atoms with Crippen LogP contribution < -0.4 is 5.53 Å². The maximum absolute atomic E-state index is 5.75. The fourth-order valence-corrected chi connectivity index (χ4v) is 4.94. The van der Waals surface area contributed by atoms with Crippen LogP contribution in [0.15, 0.2) is 0 Å². The van der Waals surface area contributed by atoms with Gasteiger partial charge in [-0.15, -0.1) is 9.18 Å². The van der Waals surface area contributed by atoms with E-state index in [1.54, 1.807) is 0 Å². The van der Waals surface area contributed by atoms with E-state index in [4.69, 9.17) is 62.3 Å². The van der Waals surface area contributed by atoms with Crippen molar-refractivity contribution >= 4 is 58.3 Å². The first kappa shape index (κ1) is 26.5. The highest BCUT2D eigenvalue weighted by Gasteiger charge is 2.52. The molecule has 0 spiro atoms. The summed E-state index contributed by atoms with van der Waals surface area (Å²) >= 11 is 20.6. The molecule has 33 heavy (non-hydrogen) atoms. The Hall–Kier alpha value is 0.440. The number of quaternary nitrogens is 2. The van der Waals surface area contributed by atoms with Crippen molar-refractivity contribution in [3.05, 3.63) is 0 Å². The van der Waals surface area contributed by atoms with E-state index >= 15 is 0 Å². The van der Waals surface area contributed by atoms with Crippen LogP contribution in [-0.4, -0.2) is 122 Å². The fraction of sp³-hybridized carbons (Fsp3) is 0.889. The quantitative estimate of drug-likeness (QED) is 0.150. The van der Waals surface area contributed by atoms with Crippen molar-refractivity contribution in [2.45, 2.75) is 25.2 Å². The average Bonchev–Trinajstić information content (AvgIpc) is 3.57. The lowest BCUT2D eigenvalue weighted by Gasteiger charge is -2.45. The van der Waals surface area contributed by atoms with E-state index in [2.05, 4.69) is 30.8 Å². The zero-order valence-electron chi connectivity index (χ0n) is 18.2. The van der Waals surface area contributed by atoms with Gasteiger partial charge in [0, 0.05) is 5.53 Å². The van der Waals surface area contributed by atoms with Crippen LogP contribution in [0, 0.1) is 0 Å². The highest BCUT2D eigenvalue weighted by atomic mass is 32.1. The molecule has 4 aliphatic heterocycles. The first-order valence-corrected chi connectivity index (χ1v) is 12.6. The van der Waals surface area contributed by atoms with Crippen molar-refractivity contribution in [1.82, 2.24) is 5.53 Å². The van der Waals surface area contributed by atoms with E-state index < -0.39 is 25.2 Å². The van der Waals surface area contributed by atoms with E-state index in [1.165, 1.54) is 0 Å². The van der Waals surface area contributed by atoms with Crippen LogP contribution in [0.5, 0.6) is 0 Å². The molecule has 1 N–H and O–H groups in total. The maximum Gasteiger partial charge on any atom is 0.254 e. The Morgan fingerprint density at radius 1 is 0.545 bits per heavy atom. The maximum atomic E-state index is 5.75. The van der Waals surface area contributed by atoms with Crippen LogP contribution in [0.4, 0.5) is 0 Å². The monoisotopic (exact) mass is 545 g/mol. The number of thiol groups is 2. The van der Waals surface area contributed by atoms with Crippen molar-refractivity contribution in [3.8, 4) is 0 Å². The van der Waals surface area contributed by atoms with Crippen LogP contribution in [0.1, 0.15) is 0 Å². The van der Waals surface area contributed by atoms with Gasteiger partial charge in [0.15, 0.2) is 26.2 Å². The molecule has 4 fully saturated rings. The molecule has 4 rings (SSSR count). The zero-order chi connectivity index (χ0) is 23.3. The first-order chi connectivity index (χ1) is 15.9. The number of rotatable bonds is 10. The molecule has 0 unspecified atom stereocenters. The van der Waals surface area contributed by atoms with Crippen molar-refractivity contribution in [2.75, 3.05) is 79.0 Å². The lowest BCUT2D eigenvalue weighted by Crippen LogP contribution is -2.78. The highest BCUT2D eigenvalue weighted by molar-refractivity contribution is 8.10. The van der Waals surface area contributed by atoms with Crippen molar-refractivity contribution in [1.29, 1.82) is 0 Å². The van der Waals surface area contributed by atoms with Gasteiger partial charge in [-0.05, 0) is 24.4 Å². The Morgan fingerprint density at radius 2 is 0.758 bits per heavy atom. The topological polar surface area (TPSA) is 85.9 Å². The van der Waals surface area contributed by atoms with Crippen LogP contribution in [0.25, 0.3) is 0 Å². The Labute approximate surface area is 214 Å². The summed E-state index contributed by atoms with van der Waals surface area (Å²) in [7, 11) is 0. The molecule has 15 heteroatoms. The number of ether oxygens (including phenoxy) is 8. The van der Waals surface area contributed by atoms with E-state index in [9.17, 15) is 0 Å². The van der Waals surface area contributed by atoms with Gasteiger partial charge in [0.05, 0.1) is 52.9 Å². The smallest absolute Gasteiger partial charge is 0.254 e. The minimum atomic E-state index is -0.502. The molecular weight excluding hydrogens is 514 g/mol. The summed E-state index contributed by atoms with van der Waals surface area (Å²) in [4.78, 5) is 0. The van der Waals surface area contributed by atoms with Gasteiger partial charge in [0.25, 0.3) is 8.64 Å². The minimum absolute atomic E-state index is 0.0616. The predicted octanol–water partition coefficient (Wildman–Crippen LogP) is -0.0394. The van der Waals surface area contributed by atoms with Gasteiger partial charge in [-0.25, -0.2) is 0 Å². The van der Waals surface area contributed by atoms with Gasteiger partial charge in [0.1, 0.15) is 0 Å². The standard InChI is InChI=1S/C18H29N3O8S4/c30-17(31)20(9-13-22-1-2-23-13,10-14-24-3-4-25-14)19-21(18(32)33,11-15-26-5-6-27-15)12-16-28-7-8-29-16/h13-16,19H,1-12H2/p+2. The molecule has 0 atom stereocenters. The van der Waals surface area contributed by atoms with Gasteiger partial charge in [0.2, 0.25) is 25.2 Å². The molecular formula is C18H31N3O8S4+2. The molecule has 0 aliphatic carbocycles. The average molecular weight is 546 g/mol. The van der Waals surface area contributed by atoms with Crippen molar-refractivity contribution in [2.24, 2.45) is 0 Å². The molecule has 4 aliphatic rings. The second-order valence-electron chi connectivity index (χ2n) is 8.02. The van der Waals surface area contributed by atoms with Crippen LogP contribution in [-0.2, 0) is 37.9 Å². The second-order valence-corrected chi connectivity index (χ2v) is 10.2. The summed E-state index contributed by atoms with van der Waals surface area (Å²) in [6.07, 6.45) is -2.01. The Morgan fingerprint density at radius 3 is 0.939 bits per heavy atom. The summed E-state index contributed by atoms with van der Waals surface area (Å²) in [6.45, 7) is 5.22. The molecule has 4 saturated heterocycles. The number of nitrogens with zero attached hydrogens (tertiary/aromatic N) is 2. The number of hydrogen-bond donors (Lipinski definition) is 3. The van der Waals surface area contributed by atoms with Crippen molar-refractivity contribution < 1.29 is 47.1 Å². The molecule has 4 heterocycles. The Balaban J connectivity index is 1.66. The molecule has 188 valence electrons. The molecule has 0 aromatic carbocycles. The SMILES string of the molecule is S=C(S)[N+](CC1OCCO1)(CC1OCCO1)N[N+](CC1OCCO1)(CC1OCCO1)C(=S)S. The zero-order valence-corrected chi connectivity index (χ0v) is 21.6. The molecule has 0 radical (unpaired) electrons. The van der Waals surface area contributed by atoms with Crippen molar-refractivity contribution in [3.63, 3.8) is 0 Å². The fourth-order valence-electron chi connectivity index (χ4n) is 4.15. The Kier molecular flexibility index (Phi) is 9.73. The number of nitrogens with one attached hydrogen (secondary N) is 1. The van der Waals surface area contributed by atoms with E-state index in [1.807, 2.05) is 0 Å². The van der Waals surface area contributed by atoms with Crippen LogP contribution in [0.3, 0.4) is 0 Å². The first-order valence-electron chi connectivity index (χ1n) is 10.8. The lowest BCUT2D eigenvalue weighted by atomic mass is 10.4. The molecule has 0 aromatic heterocycles. The summed E-state index contributed by atoms with van der Waals surface area (Å²) in [5.74, 6) is 0. The summed E-state index contributed by atoms with van der Waals surface area (Å²) in [6, 6.07) is 0. The predicted molar refractivity (Wildman–Crippen MR) is 129 cm³/mol. The normalized spacial score (nSPS) is 24.3. The van der Waals surface area contributed by atoms with Gasteiger partial charge in [-0.2, -0.15) is 0 Å². The van der Waals surface area contributed by atoms with Crippen LogP contribution >= 0.6 is 49.7 Å². The number of hydrogen-bond acceptors (Lipinski definition) is 11. The molecule has 0 saturated carbocycles. The minimum Gasteiger partial charge on any atom is -0.345 e. The largest absolute Gasteiger partial charge is 0.345 e. The summed E-state index contributed by atoms with van der Waals surface area (Å²) in [5, 5.41) is 0. The summed E-state index contributed by atoms with van der Waals surface area (Å²) < 4.78 is 46.6. The highest BCUT2D eigenvalue weighted by Crippen LogP contribution is 2.26. The third-order valence-electron chi connectivity index (χ3n) is 5.72. The summed E-state index contributed by atoms with van der Waals surface area (Å²) in [5.41, 5.74) is 3.59. The molecule has 0 amide bonds. The molecule has 11 nitrogen and oxygen atoms in total. The molecule has 0 bridgehead atoms. The van der Waals surface area contributed by atoms with E-state index in [-0.39, 0.29) is 9.18 Å². The molecule has 0 aromatic rings. The van der Waals surface area contributed by atoms with Crippen LogP contribution in [0.2, 0.25) is 0 Å². The van der Waals surface area contributed by atoms with Gasteiger partial charge >= 0.3 is 0 Å². The van der Waals surface area contributed by atoms with Gasteiger partial charge in [-0.3, -0.25) is 0 Å². The third-order valence-corrected chi connectivity index (χ3v) is 7.19. The van der Waals surface area contributed by atoms with E-state index in [0.717, 1.165) is 0 Å². The Bertz CT molecular complexity index is 592. The third kappa shape index (κ3) is 6.81. The number of thiocarbonyl (C=S) groups is 2. The van der Waals surface area contributed by atoms with E-state index in [0.29, 0.717) is 87.7 Å². The van der Waals surface area contributed by atoms with Gasteiger partial charge < -0.3 is 37.9 Å². The lowest BCUT2D eigenvalue weighted by molar-refractivity contribution is -1.09. The van der Waals surface area contributed by atoms with Gasteiger partial charge in [-0.1, -0.05) is 25.3 Å². The second kappa shape index (κ2) is 12.1.